The number of thiophene rings is 1. The number of para-hydroxylation sites is 1. The summed E-state index contributed by atoms with van der Waals surface area (Å²) in [5.74, 6) is 0. The van der Waals surface area contributed by atoms with Gasteiger partial charge in [0.1, 0.15) is 0 Å². The first-order valence-electron chi connectivity index (χ1n) is 18.5. The van der Waals surface area contributed by atoms with E-state index in [2.05, 4.69) is 205 Å². The van der Waals surface area contributed by atoms with Gasteiger partial charge in [0.2, 0.25) is 0 Å². The van der Waals surface area contributed by atoms with E-state index in [1.807, 2.05) is 11.3 Å². The first kappa shape index (κ1) is 30.8. The second-order valence-corrected chi connectivity index (χ2v) is 15.2. The lowest BCUT2D eigenvalue weighted by atomic mass is 9.92. The Morgan fingerprint density at radius 1 is 0.315 bits per heavy atom. The first-order valence-corrected chi connectivity index (χ1v) is 19.3. The summed E-state index contributed by atoms with van der Waals surface area (Å²) in [5, 5.41) is 12.8. The molecule has 0 unspecified atom stereocenters. The molecule has 10 aromatic carbocycles. The van der Waals surface area contributed by atoms with Crippen LogP contribution in [0.2, 0.25) is 0 Å². The molecule has 252 valence electrons. The van der Waals surface area contributed by atoms with Crippen molar-refractivity contribution in [3.63, 3.8) is 0 Å². The zero-order chi connectivity index (χ0) is 35.6. The molecule has 54 heavy (non-hydrogen) atoms. The highest BCUT2D eigenvalue weighted by molar-refractivity contribution is 7.25. The van der Waals surface area contributed by atoms with Gasteiger partial charge in [-0.25, -0.2) is 0 Å². The molecule has 11 aromatic rings. The van der Waals surface area contributed by atoms with Crippen molar-refractivity contribution in [3.05, 3.63) is 200 Å². The Morgan fingerprint density at radius 2 is 0.944 bits per heavy atom. The Morgan fingerprint density at radius 3 is 1.81 bits per heavy atom. The summed E-state index contributed by atoms with van der Waals surface area (Å²) in [5.41, 5.74) is 8.22. The Labute approximate surface area is 317 Å². The number of anilines is 3. The van der Waals surface area contributed by atoms with Gasteiger partial charge in [-0.1, -0.05) is 152 Å². The minimum absolute atomic E-state index is 1.11. The summed E-state index contributed by atoms with van der Waals surface area (Å²) in [6.45, 7) is 0. The van der Waals surface area contributed by atoms with E-state index in [1.54, 1.807) is 0 Å². The molecule has 0 aliphatic carbocycles. The molecule has 1 heterocycles. The molecule has 0 saturated heterocycles. The molecule has 0 radical (unpaired) electrons. The Kier molecular flexibility index (Phi) is 7.11. The molecule has 0 saturated carbocycles. The zero-order valence-corrected chi connectivity index (χ0v) is 30.2. The van der Waals surface area contributed by atoms with Crippen molar-refractivity contribution in [2.45, 2.75) is 0 Å². The Balaban J connectivity index is 1.09. The minimum atomic E-state index is 1.11. The van der Waals surface area contributed by atoms with Crippen LogP contribution in [0.1, 0.15) is 0 Å². The number of fused-ring (bicyclic) bond motifs is 9. The highest BCUT2D eigenvalue weighted by Gasteiger charge is 2.19. The summed E-state index contributed by atoms with van der Waals surface area (Å²) in [4.78, 5) is 2.43. The van der Waals surface area contributed by atoms with Gasteiger partial charge in [-0.2, -0.15) is 0 Å². The van der Waals surface area contributed by atoms with E-state index in [0.29, 0.717) is 0 Å². The van der Waals surface area contributed by atoms with Crippen molar-refractivity contribution < 1.29 is 0 Å². The van der Waals surface area contributed by atoms with Gasteiger partial charge in [-0.05, 0) is 108 Å². The number of benzene rings is 10. The maximum Gasteiger partial charge on any atom is 0.0540 e. The van der Waals surface area contributed by atoms with Crippen LogP contribution in [0.15, 0.2) is 200 Å². The van der Waals surface area contributed by atoms with Crippen LogP contribution in [0.3, 0.4) is 0 Å². The van der Waals surface area contributed by atoms with Gasteiger partial charge < -0.3 is 4.90 Å². The normalized spacial score (nSPS) is 11.7. The summed E-state index contributed by atoms with van der Waals surface area (Å²) in [6.07, 6.45) is 0. The SMILES string of the molecule is c1ccc(-c2ccccc2N(c2ccc(-c3cccc4c3ccc3ccc5ccccc5c34)cc2)c2ccc3sc4cc5ccccc5cc4c3c2)cc1. The van der Waals surface area contributed by atoms with Gasteiger partial charge in [0, 0.05) is 37.1 Å². The monoisotopic (exact) mass is 703 g/mol. The Hall–Kier alpha value is -6.74. The van der Waals surface area contributed by atoms with Crippen LogP contribution in [0, 0.1) is 0 Å². The average Bonchev–Trinajstić information content (AvgIpc) is 3.59. The molecular formula is C52H33NS. The summed E-state index contributed by atoms with van der Waals surface area (Å²) >= 11 is 1.87. The van der Waals surface area contributed by atoms with E-state index in [9.17, 15) is 0 Å². The molecule has 0 atom stereocenters. The molecule has 11 rings (SSSR count). The molecule has 0 N–H and O–H groups in total. The van der Waals surface area contributed by atoms with Crippen LogP contribution in [0.5, 0.6) is 0 Å². The van der Waals surface area contributed by atoms with Crippen molar-refractivity contribution in [2.24, 2.45) is 0 Å². The van der Waals surface area contributed by atoms with Crippen LogP contribution >= 0.6 is 11.3 Å². The first-order chi connectivity index (χ1) is 26.8. The van der Waals surface area contributed by atoms with E-state index >= 15 is 0 Å². The summed E-state index contributed by atoms with van der Waals surface area (Å²) in [6, 6.07) is 73.5. The number of hydrogen-bond acceptors (Lipinski definition) is 2. The van der Waals surface area contributed by atoms with Crippen molar-refractivity contribution in [3.8, 4) is 22.3 Å². The van der Waals surface area contributed by atoms with Crippen LogP contribution in [0.25, 0.3) is 85.5 Å². The van der Waals surface area contributed by atoms with Gasteiger partial charge in [0.25, 0.3) is 0 Å². The summed E-state index contributed by atoms with van der Waals surface area (Å²) < 4.78 is 2.62. The molecule has 0 spiro atoms. The van der Waals surface area contributed by atoms with Crippen molar-refractivity contribution in [2.75, 3.05) is 4.90 Å². The van der Waals surface area contributed by atoms with Gasteiger partial charge in [-0.15, -0.1) is 11.3 Å². The lowest BCUT2D eigenvalue weighted by molar-refractivity contribution is 1.29. The van der Waals surface area contributed by atoms with Crippen molar-refractivity contribution in [1.29, 1.82) is 0 Å². The minimum Gasteiger partial charge on any atom is -0.310 e. The van der Waals surface area contributed by atoms with E-state index in [0.717, 1.165) is 17.1 Å². The van der Waals surface area contributed by atoms with E-state index in [4.69, 9.17) is 0 Å². The third-order valence-electron chi connectivity index (χ3n) is 11.0. The number of hydrogen-bond donors (Lipinski definition) is 0. The summed E-state index contributed by atoms with van der Waals surface area (Å²) in [7, 11) is 0. The molecule has 0 bridgehead atoms. The third-order valence-corrected chi connectivity index (χ3v) is 12.1. The largest absolute Gasteiger partial charge is 0.310 e. The van der Waals surface area contributed by atoms with E-state index in [-0.39, 0.29) is 0 Å². The van der Waals surface area contributed by atoms with Gasteiger partial charge in [0.15, 0.2) is 0 Å². The predicted molar refractivity (Wildman–Crippen MR) is 235 cm³/mol. The molecule has 0 amide bonds. The molecule has 1 nitrogen and oxygen atoms in total. The molecule has 0 aliphatic heterocycles. The fraction of sp³-hybridized carbons (Fsp3) is 0. The lowest BCUT2D eigenvalue weighted by Gasteiger charge is -2.28. The van der Waals surface area contributed by atoms with Crippen molar-refractivity contribution in [1.82, 2.24) is 0 Å². The Bertz CT molecular complexity index is 3210. The number of rotatable bonds is 5. The predicted octanol–water partition coefficient (Wildman–Crippen LogP) is 15.5. The highest BCUT2D eigenvalue weighted by atomic mass is 32.1. The van der Waals surface area contributed by atoms with Crippen LogP contribution < -0.4 is 4.90 Å². The molecule has 1 aromatic heterocycles. The molecule has 0 aliphatic rings. The van der Waals surface area contributed by atoms with Crippen LogP contribution in [-0.2, 0) is 0 Å². The highest BCUT2D eigenvalue weighted by Crippen LogP contribution is 2.45. The quantitative estimate of drug-likeness (QED) is 0.161. The lowest BCUT2D eigenvalue weighted by Crippen LogP contribution is -2.11. The fourth-order valence-corrected chi connectivity index (χ4v) is 9.57. The van der Waals surface area contributed by atoms with Gasteiger partial charge in [0.05, 0.1) is 5.69 Å². The smallest absolute Gasteiger partial charge is 0.0540 e. The second kappa shape index (κ2) is 12.4. The fourth-order valence-electron chi connectivity index (χ4n) is 8.45. The van der Waals surface area contributed by atoms with Gasteiger partial charge >= 0.3 is 0 Å². The second-order valence-electron chi connectivity index (χ2n) is 14.1. The van der Waals surface area contributed by atoms with Crippen LogP contribution in [0.4, 0.5) is 17.1 Å². The maximum atomic E-state index is 2.43. The van der Waals surface area contributed by atoms with E-state index < -0.39 is 0 Å². The van der Waals surface area contributed by atoms with Crippen molar-refractivity contribution >= 4 is 91.7 Å². The van der Waals surface area contributed by atoms with Gasteiger partial charge in [-0.3, -0.25) is 0 Å². The maximum absolute atomic E-state index is 2.43. The number of nitrogens with zero attached hydrogens (tertiary/aromatic N) is 1. The molecule has 2 heteroatoms. The third kappa shape index (κ3) is 4.99. The zero-order valence-electron chi connectivity index (χ0n) is 29.4. The standard InChI is InChI=1S/C52H33NS/c1-2-11-34(12-3-1)43-16-8-9-20-49(43)53(41-28-30-50-48(33-41)47-31-38-14-4-5-15-39(38)32-51(47)54-50)40-26-23-36(24-27-40)42-18-10-19-46-45(42)29-25-37-22-21-35-13-6-7-17-44(35)52(37)46/h1-33H. The van der Waals surface area contributed by atoms with Crippen LogP contribution in [-0.4, -0.2) is 0 Å². The van der Waals surface area contributed by atoms with E-state index in [1.165, 1.54) is 85.5 Å². The molecule has 0 fully saturated rings. The molecular weight excluding hydrogens is 671 g/mol. The average molecular weight is 704 g/mol. The topological polar surface area (TPSA) is 3.24 Å².